The van der Waals surface area contributed by atoms with Crippen molar-refractivity contribution in [3.05, 3.63) is 0 Å². The molecule has 6 heteroatoms. The molecule has 0 radical (unpaired) electrons. The molecule has 0 unspecified atom stereocenters. The molecule has 2 saturated heterocycles. The molecule has 2 aliphatic rings. The van der Waals surface area contributed by atoms with Gasteiger partial charge in [-0.1, -0.05) is 0 Å². The molecule has 80 valence electrons. The van der Waals surface area contributed by atoms with E-state index in [1.54, 1.807) is 0 Å². The van der Waals surface area contributed by atoms with Crippen LogP contribution in [0.2, 0.25) is 0 Å². The lowest BCUT2D eigenvalue weighted by Crippen LogP contribution is -2.49. The van der Waals surface area contributed by atoms with E-state index >= 15 is 0 Å². The number of likely N-dealkylation sites (tertiary alicyclic amines) is 1. The van der Waals surface area contributed by atoms with Crippen molar-refractivity contribution in [2.75, 3.05) is 26.3 Å². The van der Waals surface area contributed by atoms with Crippen molar-refractivity contribution in [3.63, 3.8) is 0 Å². The van der Waals surface area contributed by atoms with E-state index < -0.39 is 6.09 Å². The van der Waals surface area contributed by atoms with Crippen LogP contribution in [-0.2, 0) is 4.74 Å². The lowest BCUT2D eigenvalue weighted by atomic mass is 10.2. The van der Waals surface area contributed by atoms with Crippen molar-refractivity contribution < 1.29 is 14.6 Å². The summed E-state index contributed by atoms with van der Waals surface area (Å²) >= 11 is 0. The number of amides is 1. The van der Waals surface area contributed by atoms with Crippen molar-refractivity contribution >= 4 is 6.09 Å². The maximum absolute atomic E-state index is 10.5. The highest BCUT2D eigenvalue weighted by atomic mass is 16.5. The molecular formula is C8H15N3O3. The summed E-state index contributed by atoms with van der Waals surface area (Å²) in [6.07, 6.45) is -1.00. The summed E-state index contributed by atoms with van der Waals surface area (Å²) in [4.78, 5) is 12.6. The molecule has 2 rings (SSSR count). The highest BCUT2D eigenvalue weighted by molar-refractivity contribution is 5.65. The molecular weight excluding hydrogens is 186 g/mol. The molecule has 0 aromatic carbocycles. The molecule has 2 aliphatic heterocycles. The molecule has 14 heavy (non-hydrogen) atoms. The van der Waals surface area contributed by atoms with E-state index in [4.69, 9.17) is 15.6 Å². The van der Waals surface area contributed by atoms with E-state index in [1.165, 1.54) is 0 Å². The van der Waals surface area contributed by atoms with E-state index in [2.05, 4.69) is 10.2 Å². The fraction of sp³-hybridized carbons (Fsp3) is 0.875. The van der Waals surface area contributed by atoms with E-state index in [9.17, 15) is 4.79 Å². The van der Waals surface area contributed by atoms with E-state index in [1.807, 2.05) is 0 Å². The van der Waals surface area contributed by atoms with E-state index in [0.717, 1.165) is 19.8 Å². The zero-order valence-electron chi connectivity index (χ0n) is 7.85. The van der Waals surface area contributed by atoms with Gasteiger partial charge in [0.05, 0.1) is 25.3 Å². The van der Waals surface area contributed by atoms with Gasteiger partial charge in [0.2, 0.25) is 0 Å². The maximum atomic E-state index is 10.5. The van der Waals surface area contributed by atoms with E-state index in [0.29, 0.717) is 12.6 Å². The molecule has 4 N–H and O–H groups in total. The van der Waals surface area contributed by atoms with Gasteiger partial charge in [0.25, 0.3) is 0 Å². The summed E-state index contributed by atoms with van der Waals surface area (Å²) in [5.74, 6) is 0. The zero-order valence-corrected chi connectivity index (χ0v) is 7.85. The van der Waals surface area contributed by atoms with Gasteiger partial charge in [-0.3, -0.25) is 4.90 Å². The van der Waals surface area contributed by atoms with Gasteiger partial charge in [0, 0.05) is 19.1 Å². The van der Waals surface area contributed by atoms with Gasteiger partial charge in [-0.2, -0.15) is 0 Å². The van der Waals surface area contributed by atoms with Gasteiger partial charge in [-0.25, -0.2) is 4.79 Å². The minimum atomic E-state index is -1.00. The summed E-state index contributed by atoms with van der Waals surface area (Å²) < 4.78 is 5.08. The normalized spacial score (nSPS) is 34.1. The maximum Gasteiger partial charge on any atom is 0.404 e. The highest BCUT2D eigenvalue weighted by Gasteiger charge is 2.37. The van der Waals surface area contributed by atoms with Crippen molar-refractivity contribution in [3.8, 4) is 0 Å². The molecule has 1 amide bonds. The molecule has 6 nitrogen and oxygen atoms in total. The number of hydrogen-bond donors (Lipinski definition) is 3. The first-order valence-corrected chi connectivity index (χ1v) is 4.73. The minimum Gasteiger partial charge on any atom is -0.465 e. The molecule has 2 heterocycles. The number of nitrogens with zero attached hydrogens (tertiary/aromatic N) is 1. The van der Waals surface area contributed by atoms with Crippen LogP contribution in [0.4, 0.5) is 4.79 Å². The van der Waals surface area contributed by atoms with Crippen molar-refractivity contribution in [1.82, 2.24) is 10.2 Å². The van der Waals surface area contributed by atoms with Crippen LogP contribution in [0, 0.1) is 0 Å². The van der Waals surface area contributed by atoms with Crippen molar-refractivity contribution in [2.45, 2.75) is 18.1 Å². The van der Waals surface area contributed by atoms with Crippen LogP contribution in [0.25, 0.3) is 0 Å². The van der Waals surface area contributed by atoms with Gasteiger partial charge in [0.1, 0.15) is 0 Å². The van der Waals surface area contributed by atoms with Gasteiger partial charge >= 0.3 is 6.09 Å². The number of nitrogens with two attached hydrogens (primary N) is 1. The summed E-state index contributed by atoms with van der Waals surface area (Å²) in [7, 11) is 0. The number of carbonyl (C=O) groups is 1. The molecule has 2 atom stereocenters. The Kier molecular flexibility index (Phi) is 2.58. The van der Waals surface area contributed by atoms with Crippen LogP contribution in [0.1, 0.15) is 0 Å². The second-order valence-electron chi connectivity index (χ2n) is 3.87. The average molecular weight is 201 g/mol. The first-order chi connectivity index (χ1) is 6.66. The number of rotatable bonds is 2. The molecule has 0 aliphatic carbocycles. The van der Waals surface area contributed by atoms with Crippen LogP contribution in [0.15, 0.2) is 0 Å². The second kappa shape index (κ2) is 3.72. The summed E-state index contributed by atoms with van der Waals surface area (Å²) in [5.41, 5.74) is 5.83. The molecule has 0 spiro atoms. The topological polar surface area (TPSA) is 87.8 Å². The molecule has 2 fully saturated rings. The third kappa shape index (κ3) is 1.82. The number of nitrogens with one attached hydrogen (secondary N) is 1. The highest BCUT2D eigenvalue weighted by Crippen LogP contribution is 2.17. The van der Waals surface area contributed by atoms with Crippen molar-refractivity contribution in [1.29, 1.82) is 0 Å². The smallest absolute Gasteiger partial charge is 0.404 e. The number of carboxylic acid groups (broad SMARTS) is 1. The SMILES string of the molecule is N[C@@H]1CN(C2COC2)C[C@@H]1NC(=O)O. The van der Waals surface area contributed by atoms with Gasteiger partial charge in [-0.05, 0) is 0 Å². The third-order valence-corrected chi connectivity index (χ3v) is 2.84. The first kappa shape index (κ1) is 9.70. The monoisotopic (exact) mass is 201 g/mol. The average Bonchev–Trinajstić information content (AvgIpc) is 2.27. The standard InChI is InChI=1S/C8H15N3O3/c9-6-1-11(5-3-14-4-5)2-7(6)10-8(12)13/h5-7,10H,1-4,9H2,(H,12,13)/t6-,7+/m1/s1. The fourth-order valence-electron chi connectivity index (χ4n) is 1.90. The van der Waals surface area contributed by atoms with Crippen LogP contribution in [0.3, 0.4) is 0 Å². The lowest BCUT2D eigenvalue weighted by molar-refractivity contribution is -0.0577. The van der Waals surface area contributed by atoms with Crippen LogP contribution in [0.5, 0.6) is 0 Å². The predicted octanol–water partition coefficient (Wildman–Crippen LogP) is -1.34. The quantitative estimate of drug-likeness (QED) is 0.515. The largest absolute Gasteiger partial charge is 0.465 e. The molecule has 0 bridgehead atoms. The van der Waals surface area contributed by atoms with Crippen molar-refractivity contribution in [2.24, 2.45) is 5.73 Å². The Hall–Kier alpha value is -0.850. The first-order valence-electron chi connectivity index (χ1n) is 4.73. The minimum absolute atomic E-state index is 0.105. The number of ether oxygens (including phenoxy) is 1. The van der Waals surface area contributed by atoms with Crippen LogP contribution < -0.4 is 11.1 Å². The summed E-state index contributed by atoms with van der Waals surface area (Å²) in [6, 6.07) is 0.182. The van der Waals surface area contributed by atoms with Gasteiger partial charge in [0.15, 0.2) is 0 Å². The lowest BCUT2D eigenvalue weighted by Gasteiger charge is -2.34. The Morgan fingerprint density at radius 3 is 2.71 bits per heavy atom. The van der Waals surface area contributed by atoms with E-state index in [-0.39, 0.29) is 12.1 Å². The number of hydrogen-bond acceptors (Lipinski definition) is 4. The Morgan fingerprint density at radius 1 is 1.50 bits per heavy atom. The third-order valence-electron chi connectivity index (χ3n) is 2.84. The van der Waals surface area contributed by atoms with Gasteiger partial charge < -0.3 is 20.9 Å². The zero-order chi connectivity index (χ0) is 10.1. The Labute approximate surface area is 82.0 Å². The second-order valence-corrected chi connectivity index (χ2v) is 3.87. The Morgan fingerprint density at radius 2 is 2.21 bits per heavy atom. The Balaban J connectivity index is 1.86. The molecule has 0 aromatic heterocycles. The molecule has 0 aromatic rings. The van der Waals surface area contributed by atoms with Crippen LogP contribution >= 0.6 is 0 Å². The predicted molar refractivity (Wildman–Crippen MR) is 49.1 cm³/mol. The van der Waals surface area contributed by atoms with Gasteiger partial charge in [-0.15, -0.1) is 0 Å². The fourth-order valence-corrected chi connectivity index (χ4v) is 1.90. The van der Waals surface area contributed by atoms with Crippen LogP contribution in [-0.4, -0.2) is 60.5 Å². The molecule has 0 saturated carbocycles. The Bertz CT molecular complexity index is 232. The summed E-state index contributed by atoms with van der Waals surface area (Å²) in [6.45, 7) is 2.93. The summed E-state index contributed by atoms with van der Waals surface area (Å²) in [5, 5.41) is 11.0.